The molecule has 0 radical (unpaired) electrons. The molecule has 1 aliphatic heterocycles. The van der Waals surface area contributed by atoms with Gasteiger partial charge in [0.25, 0.3) is 0 Å². The summed E-state index contributed by atoms with van der Waals surface area (Å²) in [4.78, 5) is 15.0. The summed E-state index contributed by atoms with van der Waals surface area (Å²) in [6.45, 7) is 4.89. The Bertz CT molecular complexity index is 994. The zero-order valence-corrected chi connectivity index (χ0v) is 19.5. The van der Waals surface area contributed by atoms with Gasteiger partial charge in [0.1, 0.15) is 0 Å². The number of rotatable bonds is 6. The van der Waals surface area contributed by atoms with Crippen molar-refractivity contribution in [2.24, 2.45) is 0 Å². The molecule has 2 aromatic heterocycles. The Kier molecular flexibility index (Phi) is 6.63. The van der Waals surface area contributed by atoms with Crippen LogP contribution in [0.3, 0.4) is 0 Å². The zero-order chi connectivity index (χ0) is 21.1. The second-order valence-corrected chi connectivity index (χ2v) is 9.42. The number of nitrogens with zero attached hydrogens (tertiary/aromatic N) is 4. The smallest absolute Gasteiger partial charge is 0.233 e. The van der Waals surface area contributed by atoms with E-state index in [1.165, 1.54) is 18.2 Å². The van der Waals surface area contributed by atoms with Gasteiger partial charge in [0.2, 0.25) is 11.7 Å². The minimum Gasteiger partial charge on any atom is -0.446 e. The summed E-state index contributed by atoms with van der Waals surface area (Å²) < 4.78 is 8.38. The fraction of sp³-hybridized carbons (Fsp3) is 0.409. The average Bonchev–Trinajstić information content (AvgIpc) is 3.33. The predicted molar refractivity (Wildman–Crippen MR) is 121 cm³/mol. The molecule has 1 aliphatic rings. The number of carbonyl (C=O) groups is 1. The maximum atomic E-state index is 13.0. The molecule has 3 heterocycles. The van der Waals surface area contributed by atoms with Crippen molar-refractivity contribution in [2.75, 3.05) is 5.75 Å². The summed E-state index contributed by atoms with van der Waals surface area (Å²) in [5.41, 5.74) is 1.13. The van der Waals surface area contributed by atoms with E-state index in [0.29, 0.717) is 45.8 Å². The molecular formula is C22H25BrN4O2S. The van der Waals surface area contributed by atoms with E-state index in [9.17, 15) is 4.79 Å². The van der Waals surface area contributed by atoms with Gasteiger partial charge < -0.3 is 9.32 Å². The monoisotopic (exact) mass is 488 g/mol. The lowest BCUT2D eigenvalue weighted by Gasteiger charge is -2.39. The summed E-state index contributed by atoms with van der Waals surface area (Å²) >= 11 is 4.79. The Morgan fingerprint density at radius 2 is 1.87 bits per heavy atom. The van der Waals surface area contributed by atoms with Crippen LogP contribution in [0.15, 0.2) is 56.7 Å². The molecule has 0 aliphatic carbocycles. The first-order chi connectivity index (χ1) is 14.5. The molecule has 1 saturated heterocycles. The number of thioether (sulfide) groups is 1. The van der Waals surface area contributed by atoms with Gasteiger partial charge in [0, 0.05) is 12.1 Å². The molecule has 0 saturated carbocycles. The van der Waals surface area contributed by atoms with E-state index in [0.717, 1.165) is 18.4 Å². The maximum absolute atomic E-state index is 13.0. The molecule has 0 N–H and O–H groups in total. The summed E-state index contributed by atoms with van der Waals surface area (Å²) in [5.74, 6) is 1.81. The molecule has 1 amide bonds. The molecule has 8 heteroatoms. The summed E-state index contributed by atoms with van der Waals surface area (Å²) in [7, 11) is 0. The highest BCUT2D eigenvalue weighted by molar-refractivity contribution is 9.10. The molecule has 30 heavy (non-hydrogen) atoms. The number of furan rings is 1. The lowest BCUT2D eigenvalue weighted by Crippen LogP contribution is -2.48. The van der Waals surface area contributed by atoms with Gasteiger partial charge >= 0.3 is 0 Å². The Labute approximate surface area is 189 Å². The molecule has 3 aromatic rings. The number of halogens is 1. The van der Waals surface area contributed by atoms with Crippen LogP contribution in [0.5, 0.6) is 0 Å². The van der Waals surface area contributed by atoms with Crippen molar-refractivity contribution >= 4 is 33.6 Å². The molecule has 2 unspecified atom stereocenters. The Hall–Kier alpha value is -2.06. The average molecular weight is 489 g/mol. The number of likely N-dealkylation sites (tertiary alicyclic amines) is 1. The number of amides is 1. The highest BCUT2D eigenvalue weighted by atomic mass is 79.9. The number of aromatic nitrogens is 3. The van der Waals surface area contributed by atoms with Crippen molar-refractivity contribution in [2.45, 2.75) is 56.9 Å². The van der Waals surface area contributed by atoms with Crippen molar-refractivity contribution in [3.63, 3.8) is 0 Å². The summed E-state index contributed by atoms with van der Waals surface area (Å²) in [6.07, 6.45) is 3.33. The topological polar surface area (TPSA) is 64.2 Å². The molecular weight excluding hydrogens is 464 g/mol. The van der Waals surface area contributed by atoms with Crippen molar-refractivity contribution in [1.29, 1.82) is 0 Å². The van der Waals surface area contributed by atoms with Gasteiger partial charge in [-0.3, -0.25) is 9.36 Å². The van der Waals surface area contributed by atoms with E-state index in [4.69, 9.17) is 4.42 Å². The van der Waals surface area contributed by atoms with E-state index >= 15 is 0 Å². The number of benzene rings is 1. The number of hydrogen-bond acceptors (Lipinski definition) is 5. The van der Waals surface area contributed by atoms with Crippen LogP contribution in [-0.2, 0) is 11.3 Å². The van der Waals surface area contributed by atoms with Gasteiger partial charge in [-0.25, -0.2) is 0 Å². The lowest BCUT2D eigenvalue weighted by molar-refractivity contribution is -0.134. The molecule has 2 atom stereocenters. The number of hydrogen-bond donors (Lipinski definition) is 0. The first-order valence-corrected chi connectivity index (χ1v) is 12.0. The Balaban J connectivity index is 1.56. The predicted octanol–water partition coefficient (Wildman–Crippen LogP) is 5.23. The third kappa shape index (κ3) is 4.64. The van der Waals surface area contributed by atoms with Gasteiger partial charge in [0.05, 0.1) is 12.3 Å². The quantitative estimate of drug-likeness (QED) is 0.444. The third-order valence-corrected chi connectivity index (χ3v) is 6.88. The minimum atomic E-state index is 0.163. The first kappa shape index (κ1) is 21.2. The minimum absolute atomic E-state index is 0.163. The van der Waals surface area contributed by atoms with Crippen LogP contribution in [0.1, 0.15) is 38.7 Å². The van der Waals surface area contributed by atoms with Gasteiger partial charge in [-0.15, -0.1) is 10.2 Å². The first-order valence-electron chi connectivity index (χ1n) is 10.2. The Morgan fingerprint density at radius 1 is 1.13 bits per heavy atom. The van der Waals surface area contributed by atoms with Crippen LogP contribution in [0.4, 0.5) is 0 Å². The lowest BCUT2D eigenvalue weighted by atomic mass is 9.98. The largest absolute Gasteiger partial charge is 0.446 e. The SMILES string of the molecule is CC1CCCC(C)N1C(=O)CSc1nnc(-c2ccc(Br)o2)n1Cc1ccccc1. The van der Waals surface area contributed by atoms with E-state index in [-0.39, 0.29) is 5.91 Å². The second kappa shape index (κ2) is 9.39. The van der Waals surface area contributed by atoms with E-state index in [1.807, 2.05) is 39.8 Å². The van der Waals surface area contributed by atoms with E-state index < -0.39 is 0 Å². The van der Waals surface area contributed by atoms with Crippen LogP contribution >= 0.6 is 27.7 Å². The molecule has 4 rings (SSSR count). The molecule has 0 bridgehead atoms. The van der Waals surface area contributed by atoms with Gasteiger partial charge in [-0.05, 0) is 66.7 Å². The standard InChI is InChI=1S/C22H25BrN4O2S/c1-15-7-6-8-16(2)27(15)20(28)14-30-22-25-24-21(18-11-12-19(23)29-18)26(22)13-17-9-4-3-5-10-17/h3-5,9-12,15-16H,6-8,13-14H2,1-2H3. The van der Waals surface area contributed by atoms with Crippen molar-refractivity contribution < 1.29 is 9.21 Å². The molecule has 1 aromatic carbocycles. The van der Waals surface area contributed by atoms with Crippen LogP contribution in [0.25, 0.3) is 11.6 Å². The van der Waals surface area contributed by atoms with E-state index in [1.54, 1.807) is 0 Å². The Morgan fingerprint density at radius 3 is 2.53 bits per heavy atom. The zero-order valence-electron chi connectivity index (χ0n) is 17.1. The van der Waals surface area contributed by atoms with E-state index in [2.05, 4.69) is 52.1 Å². The van der Waals surface area contributed by atoms with Crippen LogP contribution in [-0.4, -0.2) is 43.4 Å². The van der Waals surface area contributed by atoms with Gasteiger partial charge in [0.15, 0.2) is 15.6 Å². The molecule has 0 spiro atoms. The third-order valence-electron chi connectivity index (χ3n) is 5.50. The highest BCUT2D eigenvalue weighted by Crippen LogP contribution is 2.29. The summed E-state index contributed by atoms with van der Waals surface area (Å²) in [5, 5.41) is 9.47. The van der Waals surface area contributed by atoms with Crippen LogP contribution < -0.4 is 0 Å². The van der Waals surface area contributed by atoms with Crippen LogP contribution in [0.2, 0.25) is 0 Å². The number of carbonyl (C=O) groups excluding carboxylic acids is 1. The van der Waals surface area contributed by atoms with Crippen molar-refractivity contribution in [1.82, 2.24) is 19.7 Å². The molecule has 1 fully saturated rings. The normalized spacial score (nSPS) is 19.2. The molecule has 158 valence electrons. The highest BCUT2D eigenvalue weighted by Gasteiger charge is 2.29. The molecule has 6 nitrogen and oxygen atoms in total. The summed E-state index contributed by atoms with van der Waals surface area (Å²) in [6, 6.07) is 14.4. The fourth-order valence-electron chi connectivity index (χ4n) is 4.03. The maximum Gasteiger partial charge on any atom is 0.233 e. The van der Waals surface area contributed by atoms with Crippen LogP contribution in [0, 0.1) is 0 Å². The van der Waals surface area contributed by atoms with Gasteiger partial charge in [-0.1, -0.05) is 42.1 Å². The van der Waals surface area contributed by atoms with Gasteiger partial charge in [-0.2, -0.15) is 0 Å². The van der Waals surface area contributed by atoms with Crippen molar-refractivity contribution in [3.05, 3.63) is 52.7 Å². The number of piperidine rings is 1. The fourth-order valence-corrected chi connectivity index (χ4v) is 5.15. The van der Waals surface area contributed by atoms with Crippen molar-refractivity contribution in [3.8, 4) is 11.6 Å². The second-order valence-electron chi connectivity index (χ2n) is 7.70.